The van der Waals surface area contributed by atoms with Gasteiger partial charge in [0, 0.05) is 33.4 Å². The predicted octanol–water partition coefficient (Wildman–Crippen LogP) is 16.0. The molecule has 0 aliphatic rings. The molecule has 0 aliphatic carbocycles. The Balaban J connectivity index is 1.01. The van der Waals surface area contributed by atoms with Gasteiger partial charge in [-0.2, -0.15) is 0 Å². The molecule has 0 aliphatic heterocycles. The molecule has 0 fully saturated rings. The highest BCUT2D eigenvalue weighted by Gasteiger charge is 2.17. The lowest BCUT2D eigenvalue weighted by atomic mass is 9.96. The molecule has 10 aromatic carbocycles. The zero-order valence-electron chi connectivity index (χ0n) is 31.7. The van der Waals surface area contributed by atoms with E-state index in [1.165, 1.54) is 43.8 Å². The van der Waals surface area contributed by atoms with Crippen LogP contribution in [0.5, 0.6) is 0 Å². The van der Waals surface area contributed by atoms with E-state index in [1.54, 1.807) is 0 Å². The number of benzene rings is 10. The molecule has 0 saturated carbocycles. The maximum Gasteiger partial charge on any atom is 0.143 e. The molecule has 1 heterocycles. The molecule has 58 heavy (non-hydrogen) atoms. The molecule has 0 N–H and O–H groups in total. The monoisotopic (exact) mass is 739 g/mol. The number of hydrogen-bond donors (Lipinski definition) is 0. The van der Waals surface area contributed by atoms with Crippen LogP contribution < -0.4 is 4.90 Å². The van der Waals surface area contributed by atoms with Crippen molar-refractivity contribution < 1.29 is 4.42 Å². The lowest BCUT2D eigenvalue weighted by Gasteiger charge is -2.26. The highest BCUT2D eigenvalue weighted by atomic mass is 16.3. The van der Waals surface area contributed by atoms with Crippen molar-refractivity contribution >= 4 is 60.5 Å². The largest absolute Gasteiger partial charge is 0.455 e. The summed E-state index contributed by atoms with van der Waals surface area (Å²) in [6.07, 6.45) is 0. The number of para-hydroxylation sites is 2. The molecule has 0 saturated heterocycles. The number of furan rings is 1. The molecule has 0 bridgehead atoms. The van der Waals surface area contributed by atoms with E-state index < -0.39 is 0 Å². The second kappa shape index (κ2) is 14.1. The summed E-state index contributed by atoms with van der Waals surface area (Å²) in [5.74, 6) is 0. The van der Waals surface area contributed by atoms with Crippen molar-refractivity contribution in [2.75, 3.05) is 4.90 Å². The third-order valence-corrected chi connectivity index (χ3v) is 11.5. The van der Waals surface area contributed by atoms with Crippen LogP contribution >= 0.6 is 0 Å². The first kappa shape index (κ1) is 33.6. The number of nitrogens with zero attached hydrogens (tertiary/aromatic N) is 1. The van der Waals surface area contributed by atoms with E-state index in [1.807, 2.05) is 12.1 Å². The lowest BCUT2D eigenvalue weighted by Crippen LogP contribution is -2.10. The van der Waals surface area contributed by atoms with Gasteiger partial charge in [0.1, 0.15) is 11.2 Å². The minimum atomic E-state index is 0.907. The number of rotatable bonds is 7. The van der Waals surface area contributed by atoms with Crippen molar-refractivity contribution in [3.63, 3.8) is 0 Å². The van der Waals surface area contributed by atoms with Crippen LogP contribution in [0.25, 0.3) is 88.0 Å². The van der Waals surface area contributed by atoms with E-state index in [0.29, 0.717) is 0 Å². The first-order chi connectivity index (χ1) is 28.7. The van der Waals surface area contributed by atoms with Crippen molar-refractivity contribution in [1.29, 1.82) is 0 Å². The molecule has 2 nitrogen and oxygen atoms in total. The second-order valence-corrected chi connectivity index (χ2v) is 14.9. The molecule has 0 unspecified atom stereocenters. The summed E-state index contributed by atoms with van der Waals surface area (Å²) in [4.78, 5) is 2.36. The van der Waals surface area contributed by atoms with Gasteiger partial charge in [0.2, 0.25) is 0 Å². The third-order valence-electron chi connectivity index (χ3n) is 11.5. The first-order valence-corrected chi connectivity index (χ1v) is 19.8. The average Bonchev–Trinajstić information content (AvgIpc) is 3.69. The molecular formula is C56H37NO. The number of fused-ring (bicyclic) bond motifs is 5. The smallest absolute Gasteiger partial charge is 0.143 e. The van der Waals surface area contributed by atoms with Gasteiger partial charge in [-0.1, -0.05) is 176 Å². The fourth-order valence-electron chi connectivity index (χ4n) is 8.65. The van der Waals surface area contributed by atoms with E-state index in [9.17, 15) is 0 Å². The molecule has 11 rings (SSSR count). The van der Waals surface area contributed by atoms with Crippen LogP contribution in [0.1, 0.15) is 0 Å². The lowest BCUT2D eigenvalue weighted by molar-refractivity contribution is 0.670. The highest BCUT2D eigenvalue weighted by molar-refractivity contribution is 6.09. The quantitative estimate of drug-likeness (QED) is 0.162. The van der Waals surface area contributed by atoms with Crippen molar-refractivity contribution in [3.8, 4) is 44.5 Å². The molecule has 1 aromatic heterocycles. The predicted molar refractivity (Wildman–Crippen MR) is 245 cm³/mol. The fraction of sp³-hybridized carbons (Fsp3) is 0. The average molecular weight is 740 g/mol. The number of hydrogen-bond acceptors (Lipinski definition) is 2. The second-order valence-electron chi connectivity index (χ2n) is 14.9. The van der Waals surface area contributed by atoms with Gasteiger partial charge in [-0.05, 0) is 109 Å². The SMILES string of the molecule is c1cc(-c2cccc(N(c3ccc(-c4cccc5ccccc45)cc3)c3ccc(-c4cccc5ccccc45)cc3)c2)cc(-c2cccc3c2oc2ccccc23)c1. The zero-order chi connectivity index (χ0) is 38.4. The van der Waals surface area contributed by atoms with Gasteiger partial charge >= 0.3 is 0 Å². The topological polar surface area (TPSA) is 16.4 Å². The van der Waals surface area contributed by atoms with Crippen molar-refractivity contribution in [3.05, 3.63) is 224 Å². The summed E-state index contributed by atoms with van der Waals surface area (Å²) in [6, 6.07) is 80.7. The first-order valence-electron chi connectivity index (χ1n) is 19.8. The van der Waals surface area contributed by atoms with Crippen LogP contribution in [0.2, 0.25) is 0 Å². The highest BCUT2D eigenvalue weighted by Crippen LogP contribution is 2.41. The van der Waals surface area contributed by atoms with Crippen LogP contribution in [0.4, 0.5) is 17.1 Å². The van der Waals surface area contributed by atoms with Crippen LogP contribution in [-0.2, 0) is 0 Å². The minimum absolute atomic E-state index is 0.907. The Morgan fingerprint density at radius 2 is 0.741 bits per heavy atom. The summed E-state index contributed by atoms with van der Waals surface area (Å²) in [7, 11) is 0. The summed E-state index contributed by atoms with van der Waals surface area (Å²) >= 11 is 0. The van der Waals surface area contributed by atoms with Gasteiger partial charge in [0.15, 0.2) is 0 Å². The van der Waals surface area contributed by atoms with Crippen molar-refractivity contribution in [2.24, 2.45) is 0 Å². The summed E-state index contributed by atoms with van der Waals surface area (Å²) in [5, 5.41) is 7.27. The Hall–Kier alpha value is -7.68. The van der Waals surface area contributed by atoms with E-state index in [4.69, 9.17) is 4.42 Å². The zero-order valence-corrected chi connectivity index (χ0v) is 31.7. The van der Waals surface area contributed by atoms with Gasteiger partial charge < -0.3 is 9.32 Å². The van der Waals surface area contributed by atoms with Crippen molar-refractivity contribution in [2.45, 2.75) is 0 Å². The fourth-order valence-corrected chi connectivity index (χ4v) is 8.65. The Morgan fingerprint density at radius 3 is 1.40 bits per heavy atom. The Bertz CT molecular complexity index is 3150. The van der Waals surface area contributed by atoms with Gasteiger partial charge in [0.25, 0.3) is 0 Å². The Labute approximate surface area is 337 Å². The summed E-state index contributed by atoms with van der Waals surface area (Å²) in [5.41, 5.74) is 14.4. The van der Waals surface area contributed by atoms with Gasteiger partial charge in [-0.3, -0.25) is 0 Å². The van der Waals surface area contributed by atoms with Gasteiger partial charge in [-0.15, -0.1) is 0 Å². The summed E-state index contributed by atoms with van der Waals surface area (Å²) < 4.78 is 6.44. The molecule has 272 valence electrons. The molecule has 0 spiro atoms. The summed E-state index contributed by atoms with van der Waals surface area (Å²) in [6.45, 7) is 0. The van der Waals surface area contributed by atoms with Gasteiger partial charge in [0.05, 0.1) is 0 Å². The maximum absolute atomic E-state index is 6.44. The number of anilines is 3. The molecule has 2 heteroatoms. The van der Waals surface area contributed by atoms with E-state index in [-0.39, 0.29) is 0 Å². The molecule has 0 atom stereocenters. The minimum Gasteiger partial charge on any atom is -0.455 e. The van der Waals surface area contributed by atoms with E-state index in [0.717, 1.165) is 61.3 Å². The van der Waals surface area contributed by atoms with Gasteiger partial charge in [-0.25, -0.2) is 0 Å². The Kier molecular flexibility index (Phi) is 8.19. The van der Waals surface area contributed by atoms with Crippen molar-refractivity contribution in [1.82, 2.24) is 0 Å². The van der Waals surface area contributed by atoms with Crippen LogP contribution in [0.3, 0.4) is 0 Å². The maximum atomic E-state index is 6.44. The molecule has 11 aromatic rings. The molecule has 0 amide bonds. The third kappa shape index (κ3) is 5.91. The standard InChI is InChI=1S/C56H37NO/c1-3-20-48-38(12-1)14-9-23-50(48)40-28-32-45(33-29-40)57(46-34-30-41(31-35-46)51-24-10-15-39-13-2-4-21-49(39)51)47-19-8-17-43(37-47)42-16-7-18-44(36-42)52-25-11-26-54-53-22-5-6-27-55(53)58-56(52)54/h1-37H. The van der Waals surface area contributed by atoms with Crippen LogP contribution in [0, 0.1) is 0 Å². The molecular weight excluding hydrogens is 703 g/mol. The van der Waals surface area contributed by atoms with Crippen LogP contribution in [-0.4, -0.2) is 0 Å². The van der Waals surface area contributed by atoms with E-state index in [2.05, 4.69) is 217 Å². The normalized spacial score (nSPS) is 11.4. The van der Waals surface area contributed by atoms with E-state index >= 15 is 0 Å². The molecule has 0 radical (unpaired) electrons. The van der Waals surface area contributed by atoms with Crippen LogP contribution in [0.15, 0.2) is 229 Å². The Morgan fingerprint density at radius 1 is 0.276 bits per heavy atom.